The molecular formula is C17H15N3O2S. The minimum Gasteiger partial charge on any atom is -0.437 e. The number of ether oxygens (including phenoxy) is 1. The van der Waals surface area contributed by atoms with Gasteiger partial charge in [0.15, 0.2) is 0 Å². The lowest BCUT2D eigenvalue weighted by Gasteiger charge is -2.08. The van der Waals surface area contributed by atoms with Crippen LogP contribution >= 0.6 is 11.3 Å². The molecule has 0 saturated heterocycles. The smallest absolute Gasteiger partial charge is 0.237 e. The topological polar surface area (TPSA) is 64.1 Å². The van der Waals surface area contributed by atoms with Crippen LogP contribution in [0.3, 0.4) is 0 Å². The van der Waals surface area contributed by atoms with Crippen molar-refractivity contribution in [1.29, 1.82) is 0 Å². The molecule has 1 N–H and O–H groups in total. The first kappa shape index (κ1) is 15.2. The summed E-state index contributed by atoms with van der Waals surface area (Å²) in [5.41, 5.74) is 0.697. The zero-order valence-electron chi connectivity index (χ0n) is 12.3. The number of hydrogen-bond acceptors (Lipinski definition) is 5. The highest BCUT2D eigenvalue weighted by atomic mass is 32.1. The summed E-state index contributed by atoms with van der Waals surface area (Å²) in [6.07, 6.45) is 5.88. The van der Waals surface area contributed by atoms with E-state index in [4.69, 9.17) is 4.74 Å². The Morgan fingerprint density at radius 2 is 2.17 bits per heavy atom. The van der Waals surface area contributed by atoms with Crippen molar-refractivity contribution in [2.24, 2.45) is 0 Å². The number of aryl methyl sites for hydroxylation is 1. The highest BCUT2D eigenvalue weighted by Gasteiger charge is 2.05. The molecule has 3 rings (SSSR count). The number of nitrogens with one attached hydrogen (secondary N) is 1. The van der Waals surface area contributed by atoms with E-state index in [0.717, 1.165) is 6.42 Å². The normalized spacial score (nSPS) is 10.3. The molecule has 0 aliphatic carbocycles. The van der Waals surface area contributed by atoms with E-state index < -0.39 is 0 Å². The molecule has 0 unspecified atom stereocenters. The Labute approximate surface area is 138 Å². The van der Waals surface area contributed by atoms with Crippen molar-refractivity contribution in [3.63, 3.8) is 0 Å². The van der Waals surface area contributed by atoms with Crippen molar-refractivity contribution in [2.45, 2.75) is 12.8 Å². The molecule has 2 heterocycles. The third-order valence-electron chi connectivity index (χ3n) is 3.06. The Hall–Kier alpha value is -2.73. The molecule has 0 spiro atoms. The summed E-state index contributed by atoms with van der Waals surface area (Å²) in [5.74, 6) is 0.991. The molecule has 116 valence electrons. The molecule has 0 aliphatic rings. The quantitative estimate of drug-likeness (QED) is 0.746. The van der Waals surface area contributed by atoms with Gasteiger partial charge >= 0.3 is 0 Å². The molecule has 0 atom stereocenters. The van der Waals surface area contributed by atoms with E-state index in [9.17, 15) is 4.79 Å². The fourth-order valence-electron chi connectivity index (χ4n) is 2.01. The van der Waals surface area contributed by atoms with Crippen LogP contribution in [0.1, 0.15) is 11.3 Å². The van der Waals surface area contributed by atoms with Crippen LogP contribution in [0.15, 0.2) is 60.4 Å². The van der Waals surface area contributed by atoms with E-state index in [-0.39, 0.29) is 5.91 Å². The Morgan fingerprint density at radius 1 is 1.22 bits per heavy atom. The third kappa shape index (κ3) is 4.62. The second-order valence-electron chi connectivity index (χ2n) is 4.80. The van der Waals surface area contributed by atoms with Gasteiger partial charge in [0.25, 0.3) is 0 Å². The van der Waals surface area contributed by atoms with Gasteiger partial charge in [0.2, 0.25) is 11.8 Å². The Bertz CT molecular complexity index is 761. The Balaban J connectivity index is 1.57. The fraction of sp³-hybridized carbons (Fsp3) is 0.118. The number of rotatable bonds is 6. The van der Waals surface area contributed by atoms with Crippen LogP contribution in [0.2, 0.25) is 0 Å². The average molecular weight is 325 g/mol. The van der Waals surface area contributed by atoms with Gasteiger partial charge in [0.05, 0.1) is 6.20 Å². The van der Waals surface area contributed by atoms with E-state index in [1.807, 2.05) is 29.6 Å². The first-order valence-electron chi connectivity index (χ1n) is 7.16. The molecule has 1 amide bonds. The molecule has 6 heteroatoms. The van der Waals surface area contributed by atoms with Gasteiger partial charge < -0.3 is 10.1 Å². The van der Waals surface area contributed by atoms with E-state index >= 15 is 0 Å². The van der Waals surface area contributed by atoms with Crippen LogP contribution in [-0.4, -0.2) is 15.9 Å². The van der Waals surface area contributed by atoms with Crippen molar-refractivity contribution in [1.82, 2.24) is 9.97 Å². The maximum atomic E-state index is 12.0. The first-order valence-corrected chi connectivity index (χ1v) is 8.04. The van der Waals surface area contributed by atoms with Gasteiger partial charge in [-0.3, -0.25) is 9.78 Å². The van der Waals surface area contributed by atoms with Gasteiger partial charge in [-0.25, -0.2) is 4.98 Å². The van der Waals surface area contributed by atoms with Crippen LogP contribution in [0.25, 0.3) is 0 Å². The van der Waals surface area contributed by atoms with E-state index in [1.54, 1.807) is 35.9 Å². The molecule has 1 aromatic carbocycles. The van der Waals surface area contributed by atoms with Crippen molar-refractivity contribution >= 4 is 22.9 Å². The molecule has 23 heavy (non-hydrogen) atoms. The highest BCUT2D eigenvalue weighted by molar-refractivity contribution is 7.09. The lowest BCUT2D eigenvalue weighted by Crippen LogP contribution is -2.12. The zero-order valence-corrected chi connectivity index (χ0v) is 13.1. The van der Waals surface area contributed by atoms with Gasteiger partial charge in [0, 0.05) is 35.4 Å². The molecule has 0 aliphatic heterocycles. The Morgan fingerprint density at radius 3 is 2.96 bits per heavy atom. The van der Waals surface area contributed by atoms with E-state index in [2.05, 4.69) is 15.3 Å². The summed E-state index contributed by atoms with van der Waals surface area (Å²) in [6.45, 7) is 0. The minimum absolute atomic E-state index is 0.0185. The van der Waals surface area contributed by atoms with E-state index in [1.165, 1.54) is 11.1 Å². The van der Waals surface area contributed by atoms with Crippen LogP contribution < -0.4 is 10.1 Å². The van der Waals surface area contributed by atoms with Crippen LogP contribution in [0, 0.1) is 0 Å². The fourth-order valence-corrected chi connectivity index (χ4v) is 2.72. The number of anilines is 1. The summed E-state index contributed by atoms with van der Waals surface area (Å²) in [7, 11) is 0. The van der Waals surface area contributed by atoms with Crippen molar-refractivity contribution in [2.75, 3.05) is 5.32 Å². The summed E-state index contributed by atoms with van der Waals surface area (Å²) in [6, 6.07) is 11.2. The van der Waals surface area contributed by atoms with Crippen molar-refractivity contribution in [3.8, 4) is 11.6 Å². The number of benzene rings is 1. The van der Waals surface area contributed by atoms with Crippen molar-refractivity contribution < 1.29 is 9.53 Å². The third-order valence-corrected chi connectivity index (χ3v) is 3.99. The summed E-state index contributed by atoms with van der Waals surface area (Å²) >= 11 is 1.66. The minimum atomic E-state index is -0.0185. The average Bonchev–Trinajstić information content (AvgIpc) is 3.08. The van der Waals surface area contributed by atoms with Gasteiger partial charge in [-0.1, -0.05) is 12.1 Å². The van der Waals surface area contributed by atoms with E-state index in [0.29, 0.717) is 23.7 Å². The van der Waals surface area contributed by atoms with Gasteiger partial charge in [-0.15, -0.1) is 11.3 Å². The number of hydrogen-bond donors (Lipinski definition) is 1. The second-order valence-corrected chi connectivity index (χ2v) is 5.83. The highest BCUT2D eigenvalue weighted by Crippen LogP contribution is 2.22. The number of thiophene rings is 1. The van der Waals surface area contributed by atoms with Gasteiger partial charge in [-0.05, 0) is 30.0 Å². The number of amides is 1. The van der Waals surface area contributed by atoms with Gasteiger partial charge in [-0.2, -0.15) is 0 Å². The largest absolute Gasteiger partial charge is 0.437 e. The van der Waals surface area contributed by atoms with Crippen LogP contribution in [0.4, 0.5) is 5.69 Å². The molecule has 5 nitrogen and oxygen atoms in total. The summed E-state index contributed by atoms with van der Waals surface area (Å²) in [5, 5.41) is 4.89. The maximum Gasteiger partial charge on any atom is 0.237 e. The molecule has 0 fully saturated rings. The molecule has 0 saturated carbocycles. The summed E-state index contributed by atoms with van der Waals surface area (Å²) < 4.78 is 5.60. The molecule has 0 bridgehead atoms. The summed E-state index contributed by atoms with van der Waals surface area (Å²) in [4.78, 5) is 21.2. The molecule has 0 radical (unpaired) electrons. The van der Waals surface area contributed by atoms with Crippen molar-refractivity contribution in [3.05, 3.63) is 65.2 Å². The van der Waals surface area contributed by atoms with Crippen LogP contribution in [0.5, 0.6) is 11.6 Å². The predicted molar refractivity (Wildman–Crippen MR) is 89.8 cm³/mol. The lowest BCUT2D eigenvalue weighted by molar-refractivity contribution is -0.116. The molecular weight excluding hydrogens is 310 g/mol. The first-order chi connectivity index (χ1) is 11.3. The van der Waals surface area contributed by atoms with Crippen LogP contribution in [-0.2, 0) is 11.2 Å². The standard InChI is InChI=1S/C17H15N3O2S/c21-16(7-6-15-5-2-10-23-15)20-13-3-1-4-14(11-13)22-17-12-18-8-9-19-17/h1-5,8-12H,6-7H2,(H,20,21). The lowest BCUT2D eigenvalue weighted by atomic mass is 10.2. The zero-order chi connectivity index (χ0) is 15.9. The molecule has 2 aromatic heterocycles. The number of nitrogens with zero attached hydrogens (tertiary/aromatic N) is 2. The second kappa shape index (κ2) is 7.51. The maximum absolute atomic E-state index is 12.0. The SMILES string of the molecule is O=C(CCc1cccs1)Nc1cccc(Oc2cnccn2)c1. The molecule has 3 aromatic rings. The van der Waals surface area contributed by atoms with Gasteiger partial charge in [0.1, 0.15) is 5.75 Å². The number of carbonyl (C=O) groups excluding carboxylic acids is 1. The monoisotopic (exact) mass is 325 g/mol. The number of carbonyl (C=O) groups is 1. The predicted octanol–water partition coefficient (Wildman–Crippen LogP) is 3.90. The Kier molecular flexibility index (Phi) is 4.95. The number of aromatic nitrogens is 2.